The molecule has 1 heterocycles. The molecule has 1 aliphatic heterocycles. The summed E-state index contributed by atoms with van der Waals surface area (Å²) in [5.74, 6) is 2.49. The van der Waals surface area contributed by atoms with E-state index >= 15 is 0 Å². The summed E-state index contributed by atoms with van der Waals surface area (Å²) in [6.07, 6.45) is 1.36. The van der Waals surface area contributed by atoms with Crippen molar-refractivity contribution in [1.29, 1.82) is 0 Å². The molecule has 0 aromatic rings. The van der Waals surface area contributed by atoms with Gasteiger partial charge in [-0.05, 0) is 46.0 Å². The number of nitrogens with one attached hydrogen (secondary N) is 2. The summed E-state index contributed by atoms with van der Waals surface area (Å²) >= 11 is 0. The van der Waals surface area contributed by atoms with Gasteiger partial charge in [0.2, 0.25) is 0 Å². The van der Waals surface area contributed by atoms with Gasteiger partial charge in [-0.25, -0.2) is 0 Å². The second-order valence-corrected chi connectivity index (χ2v) is 7.39. The minimum atomic E-state index is 0. The molecule has 1 fully saturated rings. The summed E-state index contributed by atoms with van der Waals surface area (Å²) in [6, 6.07) is 0.402. The lowest BCUT2D eigenvalue weighted by Gasteiger charge is -2.45. The number of likely N-dealkylation sites (tertiary alicyclic amines) is 1. The summed E-state index contributed by atoms with van der Waals surface area (Å²) in [7, 11) is 1.83. The maximum absolute atomic E-state index is 4.28. The first-order valence-electron chi connectivity index (χ1n) is 7.97. The molecule has 0 aromatic heterocycles. The van der Waals surface area contributed by atoms with Crippen molar-refractivity contribution in [3.05, 3.63) is 0 Å². The Hall–Kier alpha value is -0.0400. The number of aliphatic imine (C=N–C) groups is 1. The van der Waals surface area contributed by atoms with Gasteiger partial charge in [-0.2, -0.15) is 0 Å². The van der Waals surface area contributed by atoms with Crippen molar-refractivity contribution in [3.8, 4) is 0 Å². The number of nitrogens with zero attached hydrogens (tertiary/aromatic N) is 2. The molecule has 0 amide bonds. The second kappa shape index (κ2) is 9.18. The van der Waals surface area contributed by atoms with Gasteiger partial charge in [-0.15, -0.1) is 24.0 Å². The maximum atomic E-state index is 4.28. The van der Waals surface area contributed by atoms with Crippen LogP contribution >= 0.6 is 24.0 Å². The lowest BCUT2D eigenvalue weighted by molar-refractivity contribution is 0.0483. The molecule has 0 aromatic carbocycles. The predicted molar refractivity (Wildman–Crippen MR) is 104 cm³/mol. The van der Waals surface area contributed by atoms with Crippen molar-refractivity contribution in [1.82, 2.24) is 15.5 Å². The Morgan fingerprint density at radius 2 is 1.76 bits per heavy atom. The van der Waals surface area contributed by atoms with Crippen molar-refractivity contribution in [2.24, 2.45) is 16.8 Å². The van der Waals surface area contributed by atoms with E-state index < -0.39 is 0 Å². The zero-order valence-corrected chi connectivity index (χ0v) is 17.2. The van der Waals surface area contributed by atoms with Crippen molar-refractivity contribution < 1.29 is 0 Å². The second-order valence-electron chi connectivity index (χ2n) is 7.39. The molecule has 0 spiro atoms. The van der Waals surface area contributed by atoms with Gasteiger partial charge in [-0.1, -0.05) is 13.8 Å². The molecule has 0 bridgehead atoms. The summed E-state index contributed by atoms with van der Waals surface area (Å²) in [5.41, 5.74) is 0.150. The van der Waals surface area contributed by atoms with Crippen molar-refractivity contribution in [2.75, 3.05) is 26.7 Å². The van der Waals surface area contributed by atoms with Crippen LogP contribution in [-0.4, -0.2) is 49.1 Å². The molecule has 0 radical (unpaired) electrons. The lowest BCUT2D eigenvalue weighted by Crippen LogP contribution is -2.57. The Morgan fingerprint density at radius 3 is 2.19 bits per heavy atom. The molecule has 1 aliphatic rings. The molecule has 2 unspecified atom stereocenters. The van der Waals surface area contributed by atoms with Crippen molar-refractivity contribution in [2.45, 2.75) is 59.5 Å². The van der Waals surface area contributed by atoms with Crippen molar-refractivity contribution >= 4 is 29.9 Å². The highest BCUT2D eigenvalue weighted by molar-refractivity contribution is 14.0. The van der Waals surface area contributed by atoms with Crippen LogP contribution in [0.3, 0.4) is 0 Å². The van der Waals surface area contributed by atoms with Crippen LogP contribution in [-0.2, 0) is 0 Å². The molecule has 2 atom stereocenters. The number of hydrogen-bond acceptors (Lipinski definition) is 2. The number of halogens is 1. The van der Waals surface area contributed by atoms with Crippen LogP contribution in [0, 0.1) is 11.8 Å². The largest absolute Gasteiger partial charge is 0.355 e. The minimum absolute atomic E-state index is 0. The topological polar surface area (TPSA) is 39.7 Å². The number of guanidine groups is 1. The molecule has 1 saturated heterocycles. The summed E-state index contributed by atoms with van der Waals surface area (Å²) in [6.45, 7) is 17.0. The van der Waals surface area contributed by atoms with Crippen molar-refractivity contribution in [3.63, 3.8) is 0 Å². The highest BCUT2D eigenvalue weighted by Gasteiger charge is 2.32. The Balaban J connectivity index is 0.00000400. The third-order valence-corrected chi connectivity index (χ3v) is 4.06. The SMILES string of the molecule is CN=C(NCC(C)(C)N1CC(C)CC(C)C1)NC(C)C.I. The summed E-state index contributed by atoms with van der Waals surface area (Å²) in [4.78, 5) is 6.91. The molecule has 4 nitrogen and oxygen atoms in total. The van der Waals surface area contributed by atoms with Crippen LogP contribution in [0.4, 0.5) is 0 Å². The third-order valence-electron chi connectivity index (χ3n) is 4.06. The van der Waals surface area contributed by atoms with Gasteiger partial charge in [-0.3, -0.25) is 9.89 Å². The Kier molecular flexibility index (Phi) is 9.16. The highest BCUT2D eigenvalue weighted by Crippen LogP contribution is 2.26. The first kappa shape index (κ1) is 21.0. The molecule has 21 heavy (non-hydrogen) atoms. The summed E-state index contributed by atoms with van der Waals surface area (Å²) in [5, 5.41) is 6.81. The van der Waals surface area contributed by atoms with Gasteiger partial charge in [0.25, 0.3) is 0 Å². The molecule has 2 N–H and O–H groups in total. The first-order chi connectivity index (χ1) is 9.24. The molecule has 1 rings (SSSR count). The maximum Gasteiger partial charge on any atom is 0.191 e. The predicted octanol–water partition coefficient (Wildman–Crippen LogP) is 2.93. The molecule has 0 aliphatic carbocycles. The smallest absolute Gasteiger partial charge is 0.191 e. The fourth-order valence-corrected chi connectivity index (χ4v) is 3.04. The standard InChI is InChI=1S/C16H34N4.HI/c1-12(2)19-15(17-7)18-11-16(5,6)20-9-13(3)8-14(4)10-20;/h12-14H,8-11H2,1-7H3,(H2,17,18,19);1H. The molecule has 0 saturated carbocycles. The van der Waals surface area contributed by atoms with Gasteiger partial charge in [0, 0.05) is 38.3 Å². The number of rotatable bonds is 4. The fourth-order valence-electron chi connectivity index (χ4n) is 3.04. The first-order valence-corrected chi connectivity index (χ1v) is 7.97. The Labute approximate surface area is 148 Å². The van der Waals surface area contributed by atoms with Gasteiger partial charge in [0.15, 0.2) is 5.96 Å². The van der Waals surface area contributed by atoms with E-state index in [1.165, 1.54) is 19.5 Å². The highest BCUT2D eigenvalue weighted by atomic mass is 127. The van der Waals surface area contributed by atoms with Gasteiger partial charge < -0.3 is 10.6 Å². The van der Waals surface area contributed by atoms with E-state index in [1.807, 2.05) is 7.05 Å². The van der Waals surface area contributed by atoms with Gasteiger partial charge >= 0.3 is 0 Å². The van der Waals surface area contributed by atoms with E-state index in [0.29, 0.717) is 6.04 Å². The van der Waals surface area contributed by atoms with Crippen LogP contribution in [0.1, 0.15) is 48.0 Å². The third kappa shape index (κ3) is 7.17. The van der Waals surface area contributed by atoms with Gasteiger partial charge in [0.1, 0.15) is 0 Å². The average Bonchev–Trinajstić information content (AvgIpc) is 2.32. The number of piperidine rings is 1. The molecular formula is C16H35IN4. The Bertz CT molecular complexity index is 318. The normalized spacial score (nSPS) is 24.7. The van der Waals surface area contributed by atoms with E-state index in [2.05, 4.69) is 62.1 Å². The van der Waals surface area contributed by atoms with Crippen LogP contribution < -0.4 is 10.6 Å². The summed E-state index contributed by atoms with van der Waals surface area (Å²) < 4.78 is 0. The van der Waals surface area contributed by atoms with E-state index in [4.69, 9.17) is 0 Å². The Morgan fingerprint density at radius 1 is 1.24 bits per heavy atom. The van der Waals surface area contributed by atoms with Crippen LogP contribution in [0.25, 0.3) is 0 Å². The van der Waals surface area contributed by atoms with E-state index in [-0.39, 0.29) is 29.5 Å². The van der Waals surface area contributed by atoms with Crippen LogP contribution in [0.5, 0.6) is 0 Å². The van der Waals surface area contributed by atoms with Crippen LogP contribution in [0.2, 0.25) is 0 Å². The number of hydrogen-bond donors (Lipinski definition) is 2. The quantitative estimate of drug-likeness (QED) is 0.425. The van der Waals surface area contributed by atoms with Gasteiger partial charge in [0.05, 0.1) is 0 Å². The lowest BCUT2D eigenvalue weighted by atomic mass is 9.88. The fraction of sp³-hybridized carbons (Fsp3) is 0.938. The van der Waals surface area contributed by atoms with Crippen LogP contribution in [0.15, 0.2) is 4.99 Å². The molecular weight excluding hydrogens is 375 g/mol. The monoisotopic (exact) mass is 410 g/mol. The molecule has 5 heteroatoms. The van der Waals surface area contributed by atoms with E-state index in [1.54, 1.807) is 0 Å². The minimum Gasteiger partial charge on any atom is -0.355 e. The zero-order valence-electron chi connectivity index (χ0n) is 14.9. The van der Waals surface area contributed by atoms with E-state index in [0.717, 1.165) is 24.3 Å². The molecule has 126 valence electrons. The zero-order chi connectivity index (χ0) is 15.3. The average molecular weight is 410 g/mol. The van der Waals surface area contributed by atoms with E-state index in [9.17, 15) is 0 Å².